The van der Waals surface area contributed by atoms with Gasteiger partial charge in [0.1, 0.15) is 0 Å². The molecule has 9 nitrogen and oxygen atoms in total. The van der Waals surface area contributed by atoms with E-state index in [9.17, 15) is 14.4 Å². The lowest BCUT2D eigenvalue weighted by atomic mass is 9.96. The molecule has 0 bridgehead atoms. The molecule has 1 saturated heterocycles. The molecule has 3 amide bonds. The van der Waals surface area contributed by atoms with Crippen LogP contribution in [0.25, 0.3) is 5.65 Å². The third-order valence-corrected chi connectivity index (χ3v) is 6.19. The maximum absolute atomic E-state index is 12.8. The number of piperidine rings is 1. The number of fused-ring (bicyclic) bond motifs is 1. The number of benzene rings is 1. The van der Waals surface area contributed by atoms with Crippen molar-refractivity contribution in [3.05, 3.63) is 64.7 Å². The molecule has 1 aliphatic heterocycles. The highest BCUT2D eigenvalue weighted by atomic mass is 16.2. The summed E-state index contributed by atoms with van der Waals surface area (Å²) in [6.07, 6.45) is 2.99. The van der Waals surface area contributed by atoms with Crippen molar-refractivity contribution in [2.75, 3.05) is 31.5 Å². The first-order valence-corrected chi connectivity index (χ1v) is 11.5. The second-order valence-corrected chi connectivity index (χ2v) is 8.27. The molecule has 3 aromatic rings. The Balaban J connectivity index is 1.36. The van der Waals surface area contributed by atoms with Crippen LogP contribution in [0.4, 0.5) is 10.5 Å². The number of carbonyl (C=O) groups is 2. The number of hydrogen-bond donors (Lipinski definition) is 1. The fourth-order valence-electron chi connectivity index (χ4n) is 4.26. The number of aromatic nitrogens is 3. The number of amides is 3. The minimum Gasteiger partial charge on any atom is -0.326 e. The maximum Gasteiger partial charge on any atom is 0.350 e. The van der Waals surface area contributed by atoms with Gasteiger partial charge in [-0.2, -0.15) is 0 Å². The Morgan fingerprint density at radius 2 is 1.85 bits per heavy atom. The van der Waals surface area contributed by atoms with Gasteiger partial charge in [-0.3, -0.25) is 9.20 Å². The van der Waals surface area contributed by atoms with Gasteiger partial charge in [0.2, 0.25) is 5.91 Å². The van der Waals surface area contributed by atoms with Crippen molar-refractivity contribution in [1.82, 2.24) is 24.0 Å². The van der Waals surface area contributed by atoms with Gasteiger partial charge in [0, 0.05) is 44.0 Å². The Hall–Kier alpha value is -3.62. The lowest BCUT2D eigenvalue weighted by Crippen LogP contribution is -2.47. The monoisotopic (exact) mass is 450 g/mol. The quantitative estimate of drug-likeness (QED) is 0.625. The SMILES string of the molecule is CCN(CC)C(=O)N1CCC(C(=O)Nc2cccc(Cn3nc4ccccn4c3=O)c2)CC1. The third kappa shape index (κ3) is 4.92. The fourth-order valence-corrected chi connectivity index (χ4v) is 4.26. The highest BCUT2D eigenvalue weighted by molar-refractivity contribution is 5.92. The number of urea groups is 1. The molecule has 1 fully saturated rings. The van der Waals surface area contributed by atoms with Crippen molar-refractivity contribution in [1.29, 1.82) is 0 Å². The zero-order chi connectivity index (χ0) is 23.4. The van der Waals surface area contributed by atoms with Gasteiger partial charge < -0.3 is 15.1 Å². The predicted octanol–water partition coefficient (Wildman–Crippen LogP) is 2.66. The summed E-state index contributed by atoms with van der Waals surface area (Å²) in [5, 5.41) is 7.36. The normalized spacial score (nSPS) is 14.4. The Bertz CT molecular complexity index is 1190. The Morgan fingerprint density at radius 3 is 2.55 bits per heavy atom. The fraction of sp³-hybridized carbons (Fsp3) is 0.417. The van der Waals surface area contributed by atoms with Gasteiger partial charge in [-0.15, -0.1) is 5.10 Å². The summed E-state index contributed by atoms with van der Waals surface area (Å²) in [6.45, 7) is 6.81. The number of nitrogens with zero attached hydrogens (tertiary/aromatic N) is 5. The lowest BCUT2D eigenvalue weighted by molar-refractivity contribution is -0.121. The minimum absolute atomic E-state index is 0.0352. The summed E-state index contributed by atoms with van der Waals surface area (Å²) in [4.78, 5) is 41.5. The smallest absolute Gasteiger partial charge is 0.326 e. The molecule has 0 unspecified atom stereocenters. The first-order chi connectivity index (χ1) is 16.0. The van der Waals surface area contributed by atoms with Crippen LogP contribution in [0.1, 0.15) is 32.3 Å². The molecule has 0 atom stereocenters. The van der Waals surface area contributed by atoms with E-state index in [1.54, 1.807) is 23.2 Å². The van der Waals surface area contributed by atoms with E-state index in [0.717, 1.165) is 5.56 Å². The summed E-state index contributed by atoms with van der Waals surface area (Å²) < 4.78 is 2.92. The standard InChI is InChI=1S/C24H30N6O3/c1-3-27(4-2)23(32)28-14-11-19(12-15-28)22(31)25-20-9-7-8-18(16-20)17-30-24(33)29-13-6-5-10-21(29)26-30/h5-10,13,16,19H,3-4,11-12,14-15,17H2,1-2H3,(H,25,31). The highest BCUT2D eigenvalue weighted by Gasteiger charge is 2.29. The highest BCUT2D eigenvalue weighted by Crippen LogP contribution is 2.21. The van der Waals surface area contributed by atoms with Crippen LogP contribution in [-0.4, -0.2) is 62.1 Å². The zero-order valence-electron chi connectivity index (χ0n) is 19.1. The van der Waals surface area contributed by atoms with Crippen molar-refractivity contribution in [2.45, 2.75) is 33.2 Å². The maximum atomic E-state index is 12.8. The van der Waals surface area contributed by atoms with E-state index in [-0.39, 0.29) is 23.5 Å². The van der Waals surface area contributed by atoms with Crippen LogP contribution in [0.5, 0.6) is 0 Å². The molecule has 4 rings (SSSR count). The molecule has 0 radical (unpaired) electrons. The number of rotatable bonds is 6. The van der Waals surface area contributed by atoms with Crippen LogP contribution in [-0.2, 0) is 11.3 Å². The third-order valence-electron chi connectivity index (χ3n) is 6.19. The van der Waals surface area contributed by atoms with Crippen molar-refractivity contribution in [3.63, 3.8) is 0 Å². The van der Waals surface area contributed by atoms with Gasteiger partial charge in [0.15, 0.2) is 5.65 Å². The molecular weight excluding hydrogens is 420 g/mol. The number of likely N-dealkylation sites (tertiary alicyclic amines) is 1. The predicted molar refractivity (Wildman–Crippen MR) is 126 cm³/mol. The van der Waals surface area contributed by atoms with Crippen LogP contribution in [0.15, 0.2) is 53.5 Å². The molecule has 9 heteroatoms. The topological polar surface area (TPSA) is 91.9 Å². The van der Waals surface area contributed by atoms with E-state index < -0.39 is 0 Å². The van der Waals surface area contributed by atoms with E-state index in [4.69, 9.17) is 0 Å². The summed E-state index contributed by atoms with van der Waals surface area (Å²) in [5.41, 5.74) is 1.96. The van der Waals surface area contributed by atoms with Crippen LogP contribution >= 0.6 is 0 Å². The molecule has 0 spiro atoms. The molecule has 1 N–H and O–H groups in total. The Morgan fingerprint density at radius 1 is 1.09 bits per heavy atom. The number of nitrogens with one attached hydrogen (secondary N) is 1. The van der Waals surface area contributed by atoms with E-state index in [2.05, 4.69) is 10.4 Å². The molecule has 174 valence electrons. The summed E-state index contributed by atoms with van der Waals surface area (Å²) >= 11 is 0. The number of anilines is 1. The van der Waals surface area contributed by atoms with Crippen molar-refractivity contribution < 1.29 is 9.59 Å². The average molecular weight is 451 g/mol. The van der Waals surface area contributed by atoms with Crippen LogP contribution in [0.3, 0.4) is 0 Å². The average Bonchev–Trinajstić information content (AvgIpc) is 3.15. The molecule has 33 heavy (non-hydrogen) atoms. The molecule has 0 aliphatic carbocycles. The van der Waals surface area contributed by atoms with E-state index in [1.807, 2.05) is 49.1 Å². The first-order valence-electron chi connectivity index (χ1n) is 11.5. The summed E-state index contributed by atoms with van der Waals surface area (Å²) in [7, 11) is 0. The second kappa shape index (κ2) is 9.89. The molecule has 1 aliphatic rings. The molecule has 3 heterocycles. The van der Waals surface area contributed by atoms with Gasteiger partial charge in [0.05, 0.1) is 6.54 Å². The van der Waals surface area contributed by atoms with Crippen molar-refractivity contribution >= 4 is 23.3 Å². The van der Waals surface area contributed by atoms with Gasteiger partial charge in [-0.25, -0.2) is 14.3 Å². The first kappa shape index (κ1) is 22.6. The van der Waals surface area contributed by atoms with Gasteiger partial charge in [-0.05, 0) is 56.5 Å². The minimum atomic E-state index is -0.203. The van der Waals surface area contributed by atoms with Gasteiger partial charge >= 0.3 is 11.7 Å². The summed E-state index contributed by atoms with van der Waals surface area (Å²) in [5.74, 6) is -0.164. The Kier molecular flexibility index (Phi) is 6.76. The number of pyridine rings is 1. The van der Waals surface area contributed by atoms with E-state index >= 15 is 0 Å². The number of carbonyl (C=O) groups excluding carboxylic acids is 2. The van der Waals surface area contributed by atoms with Gasteiger partial charge in [-0.1, -0.05) is 18.2 Å². The summed E-state index contributed by atoms with van der Waals surface area (Å²) in [6, 6.07) is 12.9. The van der Waals surface area contributed by atoms with Crippen LogP contribution < -0.4 is 11.0 Å². The van der Waals surface area contributed by atoms with Crippen LogP contribution in [0.2, 0.25) is 0 Å². The largest absolute Gasteiger partial charge is 0.350 e. The van der Waals surface area contributed by atoms with E-state index in [1.165, 1.54) is 9.08 Å². The Labute approximate surface area is 192 Å². The molecular formula is C24H30N6O3. The van der Waals surface area contributed by atoms with Crippen molar-refractivity contribution in [2.24, 2.45) is 5.92 Å². The molecule has 2 aromatic heterocycles. The van der Waals surface area contributed by atoms with Gasteiger partial charge in [0.25, 0.3) is 0 Å². The molecule has 1 aromatic carbocycles. The lowest BCUT2D eigenvalue weighted by Gasteiger charge is -2.34. The zero-order valence-corrected chi connectivity index (χ0v) is 19.1. The van der Waals surface area contributed by atoms with Crippen LogP contribution in [0, 0.1) is 5.92 Å². The number of hydrogen-bond acceptors (Lipinski definition) is 4. The van der Waals surface area contributed by atoms with Crippen molar-refractivity contribution in [3.8, 4) is 0 Å². The molecule has 0 saturated carbocycles. The van der Waals surface area contributed by atoms with E-state index in [0.29, 0.717) is 56.9 Å². The second-order valence-electron chi connectivity index (χ2n) is 8.27.